The number of hydrogen-bond acceptors (Lipinski definition) is 5. The summed E-state index contributed by atoms with van der Waals surface area (Å²) in [6.07, 6.45) is 3.11. The van der Waals surface area contributed by atoms with Crippen LogP contribution in [0, 0.1) is 0 Å². The second-order valence-electron chi connectivity index (χ2n) is 7.94. The molecule has 2 aromatic carbocycles. The molecule has 1 fully saturated rings. The van der Waals surface area contributed by atoms with Crippen LogP contribution in [0.25, 0.3) is 0 Å². The summed E-state index contributed by atoms with van der Waals surface area (Å²) in [5.41, 5.74) is 3.57. The molecule has 0 aliphatic carbocycles. The van der Waals surface area contributed by atoms with Crippen LogP contribution < -0.4 is 10.7 Å². The van der Waals surface area contributed by atoms with E-state index in [1.165, 1.54) is 4.90 Å². The SMILES string of the molecule is CSc1ccc(CN(C)CC(=O)NN2C(=O)NC(C)(CCc3ccccc3)C2=O)cc1. The first-order valence-corrected chi connectivity index (χ1v) is 11.3. The van der Waals surface area contributed by atoms with Gasteiger partial charge < -0.3 is 5.32 Å². The highest BCUT2D eigenvalue weighted by molar-refractivity contribution is 7.98. The number of benzene rings is 2. The van der Waals surface area contributed by atoms with Crippen molar-refractivity contribution in [2.45, 2.75) is 36.7 Å². The normalized spacial score (nSPS) is 18.4. The largest absolute Gasteiger partial charge is 0.344 e. The number of carbonyl (C=O) groups is 3. The van der Waals surface area contributed by atoms with Gasteiger partial charge in [-0.05, 0) is 56.3 Å². The molecule has 1 aliphatic rings. The van der Waals surface area contributed by atoms with E-state index in [-0.39, 0.29) is 6.54 Å². The summed E-state index contributed by atoms with van der Waals surface area (Å²) in [7, 11) is 1.82. The van der Waals surface area contributed by atoms with Crippen LogP contribution in [-0.2, 0) is 22.6 Å². The van der Waals surface area contributed by atoms with Crippen molar-refractivity contribution in [1.29, 1.82) is 0 Å². The number of rotatable bonds is 9. The standard InChI is InChI=1S/C23H28N4O3S/c1-23(14-13-17-7-5-4-6-8-17)21(29)27(22(30)24-23)25-20(28)16-26(2)15-18-9-11-19(31-3)12-10-18/h4-12H,13-16H2,1-3H3,(H,24,30)(H,25,28). The molecule has 1 unspecified atom stereocenters. The summed E-state index contributed by atoms with van der Waals surface area (Å²) < 4.78 is 0. The maximum Gasteiger partial charge on any atom is 0.344 e. The minimum absolute atomic E-state index is 0.0576. The van der Waals surface area contributed by atoms with Gasteiger partial charge in [-0.25, -0.2) is 4.79 Å². The predicted molar refractivity (Wildman–Crippen MR) is 121 cm³/mol. The minimum Gasteiger partial charge on any atom is -0.322 e. The van der Waals surface area contributed by atoms with Crippen LogP contribution in [0.15, 0.2) is 59.5 Å². The topological polar surface area (TPSA) is 81.8 Å². The van der Waals surface area contributed by atoms with Crippen LogP contribution in [0.4, 0.5) is 4.79 Å². The number of carbonyl (C=O) groups excluding carboxylic acids is 3. The Morgan fingerprint density at radius 3 is 2.42 bits per heavy atom. The average molecular weight is 441 g/mol. The Bertz CT molecular complexity index is 936. The maximum atomic E-state index is 12.8. The summed E-state index contributed by atoms with van der Waals surface area (Å²) in [4.78, 5) is 40.7. The molecule has 0 aromatic heterocycles. The smallest absolute Gasteiger partial charge is 0.322 e. The van der Waals surface area contributed by atoms with Gasteiger partial charge in [0.2, 0.25) is 0 Å². The van der Waals surface area contributed by atoms with Crippen LogP contribution >= 0.6 is 11.8 Å². The quantitative estimate of drug-likeness (QED) is 0.463. The van der Waals surface area contributed by atoms with E-state index < -0.39 is 23.4 Å². The third-order valence-electron chi connectivity index (χ3n) is 5.28. The van der Waals surface area contributed by atoms with Crippen LogP contribution in [0.2, 0.25) is 0 Å². The average Bonchev–Trinajstić information content (AvgIpc) is 2.97. The van der Waals surface area contributed by atoms with Gasteiger partial charge in [0, 0.05) is 11.4 Å². The fourth-order valence-corrected chi connectivity index (χ4v) is 3.91. The third-order valence-corrected chi connectivity index (χ3v) is 6.02. The molecular weight excluding hydrogens is 412 g/mol. The van der Waals surface area contributed by atoms with Gasteiger partial charge in [0.25, 0.3) is 11.8 Å². The van der Waals surface area contributed by atoms with Gasteiger partial charge in [0.1, 0.15) is 5.54 Å². The summed E-state index contributed by atoms with van der Waals surface area (Å²) in [6.45, 7) is 2.33. The Balaban J connectivity index is 1.52. The number of amides is 4. The third kappa shape index (κ3) is 5.86. The molecule has 1 heterocycles. The first kappa shape index (κ1) is 22.8. The van der Waals surface area contributed by atoms with Crippen LogP contribution in [0.3, 0.4) is 0 Å². The molecule has 7 nitrogen and oxygen atoms in total. The zero-order valence-corrected chi connectivity index (χ0v) is 18.9. The Hall–Kier alpha value is -2.84. The fourth-order valence-electron chi connectivity index (χ4n) is 3.50. The Morgan fingerprint density at radius 2 is 1.77 bits per heavy atom. The first-order chi connectivity index (χ1) is 14.8. The zero-order chi connectivity index (χ0) is 22.4. The fraction of sp³-hybridized carbons (Fsp3) is 0.348. The minimum atomic E-state index is -1.05. The van der Waals surface area contributed by atoms with Gasteiger partial charge in [-0.1, -0.05) is 42.5 Å². The van der Waals surface area contributed by atoms with Crippen molar-refractivity contribution in [3.05, 3.63) is 65.7 Å². The van der Waals surface area contributed by atoms with E-state index in [2.05, 4.69) is 10.7 Å². The number of nitrogens with zero attached hydrogens (tertiary/aromatic N) is 2. The molecular formula is C23H28N4O3S. The van der Waals surface area contributed by atoms with E-state index in [1.54, 1.807) is 18.7 Å². The maximum absolute atomic E-state index is 12.8. The molecule has 0 bridgehead atoms. The number of thioether (sulfide) groups is 1. The molecule has 1 saturated heterocycles. The molecule has 164 valence electrons. The summed E-state index contributed by atoms with van der Waals surface area (Å²) in [6, 6.07) is 17.3. The zero-order valence-electron chi connectivity index (χ0n) is 18.1. The van der Waals surface area contributed by atoms with Gasteiger partial charge in [-0.15, -0.1) is 11.8 Å². The van der Waals surface area contributed by atoms with Crippen LogP contribution in [0.5, 0.6) is 0 Å². The lowest BCUT2D eigenvalue weighted by molar-refractivity contribution is -0.139. The van der Waals surface area contributed by atoms with E-state index in [4.69, 9.17) is 0 Å². The van der Waals surface area contributed by atoms with Crippen molar-refractivity contribution < 1.29 is 14.4 Å². The number of imide groups is 1. The number of urea groups is 1. The van der Waals surface area contributed by atoms with Gasteiger partial charge >= 0.3 is 6.03 Å². The second-order valence-corrected chi connectivity index (χ2v) is 8.82. The molecule has 0 radical (unpaired) electrons. The van der Waals surface area contributed by atoms with E-state index >= 15 is 0 Å². The van der Waals surface area contributed by atoms with Crippen molar-refractivity contribution in [2.75, 3.05) is 19.8 Å². The van der Waals surface area contributed by atoms with Gasteiger partial charge in [0.05, 0.1) is 6.54 Å². The predicted octanol–water partition coefficient (Wildman–Crippen LogP) is 2.81. The van der Waals surface area contributed by atoms with E-state index in [0.29, 0.717) is 19.4 Å². The number of nitrogens with one attached hydrogen (secondary N) is 2. The number of likely N-dealkylation sites (N-methyl/N-ethyl adjacent to an activating group) is 1. The van der Waals surface area contributed by atoms with Gasteiger partial charge in [-0.2, -0.15) is 5.01 Å². The van der Waals surface area contributed by atoms with Crippen molar-refractivity contribution in [1.82, 2.24) is 20.7 Å². The molecule has 4 amide bonds. The lowest BCUT2D eigenvalue weighted by atomic mass is 9.93. The van der Waals surface area contributed by atoms with Crippen LogP contribution in [-0.4, -0.2) is 53.1 Å². The molecule has 1 aliphatic heterocycles. The molecule has 1 atom stereocenters. The highest BCUT2D eigenvalue weighted by Crippen LogP contribution is 2.22. The Labute approximate surface area is 187 Å². The van der Waals surface area contributed by atoms with E-state index in [0.717, 1.165) is 16.1 Å². The number of aryl methyl sites for hydroxylation is 1. The molecule has 8 heteroatoms. The molecule has 0 spiro atoms. The van der Waals surface area contributed by atoms with Gasteiger partial charge in [0.15, 0.2) is 0 Å². The van der Waals surface area contributed by atoms with E-state index in [9.17, 15) is 14.4 Å². The van der Waals surface area contributed by atoms with Crippen molar-refractivity contribution in [3.63, 3.8) is 0 Å². The van der Waals surface area contributed by atoms with Crippen molar-refractivity contribution in [3.8, 4) is 0 Å². The molecule has 2 aromatic rings. The highest BCUT2D eigenvalue weighted by atomic mass is 32.2. The lowest BCUT2D eigenvalue weighted by Gasteiger charge is -2.22. The van der Waals surface area contributed by atoms with Crippen molar-refractivity contribution in [2.24, 2.45) is 0 Å². The van der Waals surface area contributed by atoms with Gasteiger partial charge in [-0.3, -0.25) is 19.9 Å². The summed E-state index contributed by atoms with van der Waals surface area (Å²) >= 11 is 1.67. The Kier molecular flexibility index (Phi) is 7.35. The lowest BCUT2D eigenvalue weighted by Crippen LogP contribution is -2.51. The highest BCUT2D eigenvalue weighted by Gasteiger charge is 2.48. The second kappa shape index (κ2) is 9.98. The monoisotopic (exact) mass is 440 g/mol. The number of hydrazine groups is 1. The Morgan fingerprint density at radius 1 is 1.10 bits per heavy atom. The summed E-state index contributed by atoms with van der Waals surface area (Å²) in [5, 5.41) is 3.52. The molecule has 2 N–H and O–H groups in total. The molecule has 3 rings (SSSR count). The molecule has 31 heavy (non-hydrogen) atoms. The first-order valence-electron chi connectivity index (χ1n) is 10.1. The van der Waals surface area contributed by atoms with E-state index in [1.807, 2.05) is 72.8 Å². The number of hydrogen-bond donors (Lipinski definition) is 2. The van der Waals surface area contributed by atoms with Crippen LogP contribution in [0.1, 0.15) is 24.5 Å². The van der Waals surface area contributed by atoms with Crippen molar-refractivity contribution >= 4 is 29.6 Å². The molecule has 0 saturated carbocycles. The summed E-state index contributed by atoms with van der Waals surface area (Å²) in [5.74, 6) is -0.865.